The first kappa shape index (κ1) is 58.4. The van der Waals surface area contributed by atoms with Gasteiger partial charge < -0.3 is 38.9 Å². The van der Waals surface area contributed by atoms with Gasteiger partial charge in [-0.15, -0.1) is 0 Å². The molecule has 0 aliphatic heterocycles. The third kappa shape index (κ3) is 15.2. The number of ether oxygens (including phenoxy) is 5. The van der Waals surface area contributed by atoms with Crippen LogP contribution in [0, 0.1) is 61.3 Å². The molecule has 0 saturated carbocycles. The zero-order chi connectivity index (χ0) is 57.8. The molecule has 80 heavy (non-hydrogen) atoms. The summed E-state index contributed by atoms with van der Waals surface area (Å²) in [5.41, 5.74) is 4.87. The van der Waals surface area contributed by atoms with E-state index in [4.69, 9.17) is 23.7 Å². The highest BCUT2D eigenvalue weighted by atomic mass is 32.2. The Morgan fingerprint density at radius 2 is 1.10 bits per heavy atom. The summed E-state index contributed by atoms with van der Waals surface area (Å²) >= 11 is 0. The fourth-order valence-corrected chi connectivity index (χ4v) is 8.61. The first-order valence-corrected chi connectivity index (χ1v) is 26.5. The summed E-state index contributed by atoms with van der Waals surface area (Å²) in [7, 11) is -4.76. The number of carbonyl (C=O) groups excluding carboxylic acids is 1. The first-order valence-electron chi connectivity index (χ1n) is 25.1. The summed E-state index contributed by atoms with van der Waals surface area (Å²) < 4.78 is 86.4. The van der Waals surface area contributed by atoms with Gasteiger partial charge in [0, 0.05) is 32.2 Å². The molecule has 5 aromatic carbocycles. The van der Waals surface area contributed by atoms with Crippen molar-refractivity contribution in [3.63, 3.8) is 0 Å². The fourth-order valence-electron chi connectivity index (χ4n) is 7.70. The van der Waals surface area contributed by atoms with Gasteiger partial charge in [-0.05, 0) is 132 Å². The van der Waals surface area contributed by atoms with Crippen LogP contribution < -0.4 is 28.4 Å². The zero-order valence-corrected chi connectivity index (χ0v) is 45.8. The van der Waals surface area contributed by atoms with Gasteiger partial charge in [-0.3, -0.25) is 4.79 Å². The van der Waals surface area contributed by atoms with Crippen molar-refractivity contribution in [2.45, 2.75) is 67.0 Å². The van der Waals surface area contributed by atoms with Crippen LogP contribution in [-0.2, 0) is 16.6 Å². The molecule has 0 saturated heterocycles. The van der Waals surface area contributed by atoms with Crippen molar-refractivity contribution in [3.05, 3.63) is 200 Å². The second-order valence-corrected chi connectivity index (χ2v) is 20.9. The lowest BCUT2D eigenvalue weighted by atomic mass is 10.1. The number of halogens is 2. The van der Waals surface area contributed by atoms with Crippen LogP contribution in [0.1, 0.15) is 79.1 Å². The molecule has 0 bridgehead atoms. The first-order chi connectivity index (χ1) is 38.0. The van der Waals surface area contributed by atoms with Crippen LogP contribution in [0.15, 0.2) is 145 Å². The minimum absolute atomic E-state index is 0. The number of pyridine rings is 3. The number of aryl methyl sites for hydroxylation is 4. The van der Waals surface area contributed by atoms with Gasteiger partial charge in [0.2, 0.25) is 17.5 Å². The molecule has 8 rings (SSSR count). The van der Waals surface area contributed by atoms with Gasteiger partial charge in [0.1, 0.15) is 52.4 Å². The number of benzene rings is 5. The second kappa shape index (κ2) is 25.9. The van der Waals surface area contributed by atoms with Crippen molar-refractivity contribution in [2.24, 2.45) is 11.8 Å². The van der Waals surface area contributed by atoms with Gasteiger partial charge in [0.05, 0.1) is 24.6 Å². The molecule has 0 aliphatic carbocycles. The molecule has 1 amide bonds. The van der Waals surface area contributed by atoms with E-state index in [0.29, 0.717) is 64.3 Å². The Balaban J connectivity index is 0.000000330. The van der Waals surface area contributed by atoms with E-state index in [-0.39, 0.29) is 55.5 Å². The molecule has 20 heteroatoms. The lowest BCUT2D eigenvalue weighted by Gasteiger charge is -2.15. The van der Waals surface area contributed by atoms with Crippen LogP contribution >= 0.6 is 0 Å². The smallest absolute Gasteiger partial charge is 0.407 e. The molecule has 8 aromatic rings. The summed E-state index contributed by atoms with van der Waals surface area (Å²) in [6, 6.07) is 36.0. The predicted molar refractivity (Wildman–Crippen MR) is 299 cm³/mol. The van der Waals surface area contributed by atoms with E-state index in [1.807, 2.05) is 70.5 Å². The topological polar surface area (TPSA) is 228 Å². The van der Waals surface area contributed by atoms with Crippen molar-refractivity contribution < 1.29 is 63.4 Å². The van der Waals surface area contributed by atoms with E-state index in [2.05, 4.69) is 15.0 Å². The number of nitro groups is 1. The van der Waals surface area contributed by atoms with Crippen LogP contribution in [0.25, 0.3) is 22.5 Å². The summed E-state index contributed by atoms with van der Waals surface area (Å²) in [5.74, 6) is -2.72. The fraction of sp³-hybridized carbons (Fsp3) is 0.217. The lowest BCUT2D eigenvalue weighted by molar-refractivity contribution is -0.391. The maximum atomic E-state index is 14.6. The van der Waals surface area contributed by atoms with Crippen molar-refractivity contribution in [2.75, 3.05) is 13.2 Å². The largest absolute Gasteiger partial charge is 0.493 e. The number of nitrogens with one attached hydrogen (secondary N) is 1. The quantitative estimate of drug-likeness (QED) is 0.0534. The second-order valence-electron chi connectivity index (χ2n) is 19.2. The highest BCUT2D eigenvalue weighted by Crippen LogP contribution is 2.36. The van der Waals surface area contributed by atoms with Gasteiger partial charge >= 0.3 is 21.8 Å². The SMILES string of the molecule is Cc1cccc(C)c1Oc1nc(-c2cc(F)cc(OCC(C)C)c2)ccc1C(=O)NS(=O)(=O)c1ccc(OCc2ccccc2)c([N+](=O)[O-])n1.Cc1cccc(C)c1Oc1nc(-c2cc(F)cc(OCC(C)C)c2)ccc1C(=O)O.[HH].[HH]. The number of carboxylic acids is 1. The van der Waals surface area contributed by atoms with Crippen molar-refractivity contribution >= 4 is 27.7 Å². The molecule has 2 N–H and O–H groups in total. The van der Waals surface area contributed by atoms with Gasteiger partial charge in [0.25, 0.3) is 10.9 Å². The Bertz CT molecular complexity index is 3670. The average molecular weight is 1110 g/mol. The standard InChI is InChI=1S/C36H33FN4O8S.C24H24FNO4.2H2/c1-22(2)20-47-28-18-26(17-27(37)19-28)30-14-13-29(36(38-30)49-33-23(3)9-8-10-24(33)4)35(42)40-50(45,46)32-16-15-31(34(39-32)41(43)44)48-21-25-11-6-5-7-12-25;1-14(2)13-29-19-11-17(10-18(25)12-19)21-9-8-20(24(27)28)23(26-21)30-22-15(3)6-5-7-16(22)4;;/h5-19,22H,20-21H2,1-4H3,(H,40,42);5-12,14H,13H2,1-4H3,(H,27,28);2*1H. The third-order valence-electron chi connectivity index (χ3n) is 11.6. The van der Waals surface area contributed by atoms with Crippen molar-refractivity contribution in [1.82, 2.24) is 19.7 Å². The average Bonchev–Trinajstić information content (AvgIpc) is 3.45. The van der Waals surface area contributed by atoms with Crippen LogP contribution in [0.2, 0.25) is 0 Å². The maximum absolute atomic E-state index is 14.6. The number of carbonyl (C=O) groups is 2. The van der Waals surface area contributed by atoms with Gasteiger partial charge in [-0.2, -0.15) is 8.42 Å². The monoisotopic (exact) mass is 1110 g/mol. The van der Waals surface area contributed by atoms with Crippen LogP contribution in [0.3, 0.4) is 0 Å². The molecule has 17 nitrogen and oxygen atoms in total. The summed E-state index contributed by atoms with van der Waals surface area (Å²) in [4.78, 5) is 48.8. The summed E-state index contributed by atoms with van der Waals surface area (Å²) in [6.45, 7) is 16.0. The van der Waals surface area contributed by atoms with Gasteiger partial charge in [-0.25, -0.2) is 28.3 Å². The Morgan fingerprint density at radius 1 is 0.625 bits per heavy atom. The van der Waals surface area contributed by atoms with Crippen molar-refractivity contribution in [1.29, 1.82) is 0 Å². The number of hydrogen-bond donors (Lipinski definition) is 2. The number of sulfonamides is 1. The molecule has 0 spiro atoms. The maximum Gasteiger partial charge on any atom is 0.407 e. The highest BCUT2D eigenvalue weighted by Gasteiger charge is 2.31. The molecule has 0 aliphatic rings. The predicted octanol–water partition coefficient (Wildman–Crippen LogP) is 13.9. The minimum atomic E-state index is -4.76. The van der Waals surface area contributed by atoms with E-state index in [9.17, 15) is 42.0 Å². The van der Waals surface area contributed by atoms with E-state index >= 15 is 0 Å². The Hall–Kier alpha value is -9.30. The normalized spacial score (nSPS) is 11.1. The molecule has 0 radical (unpaired) electrons. The van der Waals surface area contributed by atoms with Gasteiger partial charge in [0.15, 0.2) is 0 Å². The molecule has 3 heterocycles. The number of amides is 1. The molecule has 0 fully saturated rings. The molecular weight excluding hydrogens is 1050 g/mol. The lowest BCUT2D eigenvalue weighted by Crippen LogP contribution is -2.31. The number of para-hydroxylation sites is 2. The molecule has 0 unspecified atom stereocenters. The Kier molecular flexibility index (Phi) is 18.9. The van der Waals surface area contributed by atoms with E-state index in [1.54, 1.807) is 68.4 Å². The number of aromatic nitrogens is 3. The number of hydrogen-bond acceptors (Lipinski definition) is 14. The molecule has 0 atom stereocenters. The minimum Gasteiger partial charge on any atom is -0.493 e. The number of nitrogens with zero attached hydrogens (tertiary/aromatic N) is 4. The van der Waals surface area contributed by atoms with Crippen molar-refractivity contribution in [3.8, 4) is 63.0 Å². The summed E-state index contributed by atoms with van der Waals surface area (Å²) in [5, 5.41) is 20.6. The van der Waals surface area contributed by atoms with E-state index in [0.717, 1.165) is 28.8 Å². The van der Waals surface area contributed by atoms with Crippen LogP contribution in [0.5, 0.6) is 40.5 Å². The summed E-state index contributed by atoms with van der Waals surface area (Å²) in [6.07, 6.45) is 0. The number of aromatic carboxylic acids is 1. The number of rotatable bonds is 20. The van der Waals surface area contributed by atoms with Crippen LogP contribution in [0.4, 0.5) is 14.6 Å². The van der Waals surface area contributed by atoms with Crippen LogP contribution in [-0.4, -0.2) is 58.5 Å². The molecular formula is C60H61F2N5O12S. The zero-order valence-electron chi connectivity index (χ0n) is 44.9. The Labute approximate surface area is 464 Å². The van der Waals surface area contributed by atoms with E-state index in [1.165, 1.54) is 48.5 Å². The highest BCUT2D eigenvalue weighted by molar-refractivity contribution is 7.90. The Morgan fingerprint density at radius 3 is 1.56 bits per heavy atom. The molecule has 418 valence electrons. The van der Waals surface area contributed by atoms with Gasteiger partial charge in [-0.1, -0.05) is 94.4 Å². The molecule has 3 aromatic heterocycles. The third-order valence-corrected chi connectivity index (χ3v) is 12.9. The van der Waals surface area contributed by atoms with E-state index < -0.39 is 49.3 Å². The number of carboxylic acid groups (broad SMARTS) is 1.